The Labute approximate surface area is 115 Å². The van der Waals surface area contributed by atoms with E-state index in [1.165, 1.54) is 25.3 Å². The molecule has 0 spiro atoms. The highest BCUT2D eigenvalue weighted by Gasteiger charge is 2.13. The lowest BCUT2D eigenvalue weighted by atomic mass is 10.3. The van der Waals surface area contributed by atoms with Gasteiger partial charge in [0.1, 0.15) is 5.82 Å². The van der Waals surface area contributed by atoms with Crippen molar-refractivity contribution in [1.29, 1.82) is 0 Å². The van der Waals surface area contributed by atoms with Crippen molar-refractivity contribution < 1.29 is 13.9 Å². The molecular weight excluding hydrogens is 263 g/mol. The number of methoxy groups -OCH3 is 1. The molecule has 1 heterocycles. The minimum atomic E-state index is -0.492. The predicted octanol–water partition coefficient (Wildman–Crippen LogP) is 2.16. The van der Waals surface area contributed by atoms with E-state index < -0.39 is 11.7 Å². The molecule has 0 unspecified atom stereocenters. The fraction of sp³-hybridized carbons (Fsp3) is 0.308. The Bertz CT molecular complexity index is 612. The Hall–Kier alpha value is -2.44. The summed E-state index contributed by atoms with van der Waals surface area (Å²) in [5.74, 6) is -0.179. The average molecular weight is 278 g/mol. The maximum atomic E-state index is 13.3. The van der Waals surface area contributed by atoms with Gasteiger partial charge in [-0.1, -0.05) is 6.92 Å². The first-order chi connectivity index (χ1) is 9.63. The van der Waals surface area contributed by atoms with E-state index in [2.05, 4.69) is 20.5 Å². The first kappa shape index (κ1) is 14.0. The Kier molecular flexibility index (Phi) is 4.29. The number of nitrogens with zero attached hydrogens (tertiary/aromatic N) is 2. The zero-order chi connectivity index (χ0) is 14.5. The van der Waals surface area contributed by atoms with Gasteiger partial charge in [-0.3, -0.25) is 9.89 Å². The Balaban J connectivity index is 2.10. The normalized spacial score (nSPS) is 10.3. The third kappa shape index (κ3) is 3.11. The molecule has 0 radical (unpaired) electrons. The van der Waals surface area contributed by atoms with Crippen LogP contribution in [0.1, 0.15) is 29.8 Å². The van der Waals surface area contributed by atoms with Gasteiger partial charge in [0.25, 0.3) is 5.91 Å². The third-order valence-electron chi connectivity index (χ3n) is 2.63. The van der Waals surface area contributed by atoms with Gasteiger partial charge < -0.3 is 10.1 Å². The maximum Gasteiger partial charge on any atom is 0.295 e. The number of amides is 1. The van der Waals surface area contributed by atoms with Crippen molar-refractivity contribution >= 4 is 11.6 Å². The molecule has 0 aliphatic rings. The van der Waals surface area contributed by atoms with E-state index in [-0.39, 0.29) is 11.6 Å². The maximum absolute atomic E-state index is 13.3. The number of carbonyl (C=O) groups excluding carboxylic acids is 1. The number of benzene rings is 1. The van der Waals surface area contributed by atoms with E-state index in [0.29, 0.717) is 11.5 Å². The number of H-pyrrole nitrogens is 1. The SMILES string of the molecule is CCCc1nc(C(=O)Nc2ccc(F)c(OC)c2)n[nH]1. The number of rotatable bonds is 5. The molecule has 106 valence electrons. The molecule has 0 fully saturated rings. The van der Waals surface area contributed by atoms with Crippen LogP contribution in [0.15, 0.2) is 18.2 Å². The van der Waals surface area contributed by atoms with Crippen LogP contribution in [-0.2, 0) is 6.42 Å². The summed E-state index contributed by atoms with van der Waals surface area (Å²) in [6.45, 7) is 2.01. The van der Waals surface area contributed by atoms with Crippen LogP contribution in [0, 0.1) is 5.82 Å². The van der Waals surface area contributed by atoms with Crippen molar-refractivity contribution in [3.05, 3.63) is 35.7 Å². The van der Waals surface area contributed by atoms with Crippen molar-refractivity contribution in [2.45, 2.75) is 19.8 Å². The smallest absolute Gasteiger partial charge is 0.295 e. The summed E-state index contributed by atoms with van der Waals surface area (Å²) in [6.07, 6.45) is 1.63. The largest absolute Gasteiger partial charge is 0.494 e. The summed E-state index contributed by atoms with van der Waals surface area (Å²) >= 11 is 0. The molecule has 2 rings (SSSR count). The van der Waals surface area contributed by atoms with Gasteiger partial charge in [0.05, 0.1) is 7.11 Å². The number of anilines is 1. The lowest BCUT2D eigenvalue weighted by molar-refractivity contribution is 0.101. The van der Waals surface area contributed by atoms with Crippen LogP contribution < -0.4 is 10.1 Å². The highest BCUT2D eigenvalue weighted by molar-refractivity contribution is 6.01. The second kappa shape index (κ2) is 6.14. The van der Waals surface area contributed by atoms with Crippen LogP contribution >= 0.6 is 0 Å². The topological polar surface area (TPSA) is 79.9 Å². The van der Waals surface area contributed by atoms with Crippen LogP contribution in [0.5, 0.6) is 5.75 Å². The Morgan fingerprint density at radius 2 is 2.30 bits per heavy atom. The molecule has 0 saturated heterocycles. The van der Waals surface area contributed by atoms with E-state index in [4.69, 9.17) is 4.74 Å². The van der Waals surface area contributed by atoms with Gasteiger partial charge in [-0.15, -0.1) is 5.10 Å². The molecular formula is C13H15FN4O2. The molecule has 0 aliphatic carbocycles. The Morgan fingerprint density at radius 3 is 3.00 bits per heavy atom. The number of aromatic nitrogens is 3. The summed E-state index contributed by atoms with van der Waals surface area (Å²) in [6, 6.07) is 4.05. The van der Waals surface area contributed by atoms with Gasteiger partial charge in [0, 0.05) is 18.2 Å². The molecule has 2 N–H and O–H groups in total. The van der Waals surface area contributed by atoms with Gasteiger partial charge in [0.2, 0.25) is 5.82 Å². The molecule has 20 heavy (non-hydrogen) atoms. The van der Waals surface area contributed by atoms with Crippen molar-refractivity contribution in [2.24, 2.45) is 0 Å². The van der Waals surface area contributed by atoms with Gasteiger partial charge >= 0.3 is 0 Å². The summed E-state index contributed by atoms with van der Waals surface area (Å²) in [7, 11) is 1.36. The third-order valence-corrected chi connectivity index (χ3v) is 2.63. The van der Waals surface area contributed by atoms with E-state index in [1.54, 1.807) is 0 Å². The van der Waals surface area contributed by atoms with Gasteiger partial charge in [0.15, 0.2) is 11.6 Å². The summed E-state index contributed by atoms with van der Waals surface area (Å²) in [5, 5.41) is 9.12. The van der Waals surface area contributed by atoms with Crippen LogP contribution in [0.4, 0.5) is 10.1 Å². The molecule has 2 aromatic rings. The van der Waals surface area contributed by atoms with Gasteiger partial charge in [-0.25, -0.2) is 9.37 Å². The summed E-state index contributed by atoms with van der Waals surface area (Å²) < 4.78 is 18.1. The molecule has 0 atom stereocenters. The lowest BCUT2D eigenvalue weighted by Crippen LogP contribution is -2.14. The number of aromatic amines is 1. The van der Waals surface area contributed by atoms with Gasteiger partial charge in [-0.2, -0.15) is 0 Å². The molecule has 1 aromatic heterocycles. The van der Waals surface area contributed by atoms with E-state index >= 15 is 0 Å². The second-order valence-corrected chi connectivity index (χ2v) is 4.16. The lowest BCUT2D eigenvalue weighted by Gasteiger charge is -2.06. The number of hydrogen-bond donors (Lipinski definition) is 2. The highest BCUT2D eigenvalue weighted by atomic mass is 19.1. The summed E-state index contributed by atoms with van der Waals surface area (Å²) in [5.41, 5.74) is 0.412. The number of halogens is 1. The Morgan fingerprint density at radius 1 is 1.50 bits per heavy atom. The van der Waals surface area contributed by atoms with Crippen LogP contribution in [-0.4, -0.2) is 28.2 Å². The molecule has 1 aromatic carbocycles. The highest BCUT2D eigenvalue weighted by Crippen LogP contribution is 2.21. The first-order valence-corrected chi connectivity index (χ1v) is 6.20. The number of nitrogens with one attached hydrogen (secondary N) is 2. The molecule has 1 amide bonds. The molecule has 7 heteroatoms. The minimum Gasteiger partial charge on any atom is -0.494 e. The molecule has 0 aliphatic heterocycles. The number of carbonyl (C=O) groups is 1. The number of hydrogen-bond acceptors (Lipinski definition) is 4. The standard InChI is InChI=1S/C13H15FN4O2/c1-3-4-11-16-12(18-17-11)13(19)15-8-5-6-9(14)10(7-8)20-2/h5-7H,3-4H2,1-2H3,(H,15,19)(H,16,17,18). The van der Waals surface area contributed by atoms with Crippen LogP contribution in [0.2, 0.25) is 0 Å². The van der Waals surface area contributed by atoms with Gasteiger partial charge in [-0.05, 0) is 18.6 Å². The van der Waals surface area contributed by atoms with Crippen molar-refractivity contribution in [3.8, 4) is 5.75 Å². The number of aryl methyl sites for hydroxylation is 1. The van der Waals surface area contributed by atoms with E-state index in [9.17, 15) is 9.18 Å². The fourth-order valence-corrected chi connectivity index (χ4v) is 1.67. The molecule has 6 nitrogen and oxygen atoms in total. The monoisotopic (exact) mass is 278 g/mol. The minimum absolute atomic E-state index is 0.0525. The molecule has 0 bridgehead atoms. The van der Waals surface area contributed by atoms with Crippen molar-refractivity contribution in [3.63, 3.8) is 0 Å². The quantitative estimate of drug-likeness (QED) is 0.878. The summed E-state index contributed by atoms with van der Waals surface area (Å²) in [4.78, 5) is 16.0. The van der Waals surface area contributed by atoms with Crippen molar-refractivity contribution in [1.82, 2.24) is 15.2 Å². The zero-order valence-corrected chi connectivity index (χ0v) is 11.2. The predicted molar refractivity (Wildman–Crippen MR) is 71.3 cm³/mol. The first-order valence-electron chi connectivity index (χ1n) is 6.20. The van der Waals surface area contributed by atoms with Crippen molar-refractivity contribution in [2.75, 3.05) is 12.4 Å². The zero-order valence-electron chi connectivity index (χ0n) is 11.2. The number of ether oxygens (including phenoxy) is 1. The van der Waals surface area contributed by atoms with E-state index in [0.717, 1.165) is 12.8 Å². The average Bonchev–Trinajstić information content (AvgIpc) is 2.90. The molecule has 0 saturated carbocycles. The van der Waals surface area contributed by atoms with Crippen LogP contribution in [0.25, 0.3) is 0 Å². The van der Waals surface area contributed by atoms with E-state index in [1.807, 2.05) is 6.92 Å². The fourth-order valence-electron chi connectivity index (χ4n) is 1.67. The van der Waals surface area contributed by atoms with Crippen LogP contribution in [0.3, 0.4) is 0 Å². The second-order valence-electron chi connectivity index (χ2n) is 4.16.